The molecule has 1 aliphatic rings. The second kappa shape index (κ2) is 6.60. The fourth-order valence-corrected chi connectivity index (χ4v) is 2.65. The van der Waals surface area contributed by atoms with Crippen molar-refractivity contribution >= 4 is 17.6 Å². The van der Waals surface area contributed by atoms with Crippen LogP contribution in [-0.2, 0) is 4.79 Å². The third-order valence-electron chi connectivity index (χ3n) is 3.92. The number of hydrogen-bond acceptors (Lipinski definition) is 5. The lowest BCUT2D eigenvalue weighted by atomic mass is 9.95. The van der Waals surface area contributed by atoms with Crippen LogP contribution in [0, 0.1) is 12.8 Å². The zero-order chi connectivity index (χ0) is 16.2. The van der Waals surface area contributed by atoms with Gasteiger partial charge in [0, 0.05) is 31.3 Å². The molecule has 7 nitrogen and oxygen atoms in total. The monoisotopic (exact) mass is 314 g/mol. The Morgan fingerprint density at radius 3 is 2.70 bits per heavy atom. The van der Waals surface area contributed by atoms with Gasteiger partial charge in [-0.05, 0) is 31.9 Å². The maximum atomic E-state index is 12.3. The molecule has 3 rings (SSSR count). The minimum absolute atomic E-state index is 0.0803. The largest absolute Gasteiger partial charge is 0.360 e. The van der Waals surface area contributed by atoms with Crippen molar-refractivity contribution < 1.29 is 14.1 Å². The van der Waals surface area contributed by atoms with Gasteiger partial charge in [0.2, 0.25) is 5.91 Å². The van der Waals surface area contributed by atoms with E-state index in [1.54, 1.807) is 42.3 Å². The van der Waals surface area contributed by atoms with E-state index in [1.165, 1.54) is 0 Å². The second-order valence-electron chi connectivity index (χ2n) is 5.59. The van der Waals surface area contributed by atoms with E-state index in [0.717, 1.165) is 0 Å². The number of piperidine rings is 1. The number of likely N-dealkylation sites (tertiary alicyclic amines) is 1. The van der Waals surface area contributed by atoms with Crippen LogP contribution in [-0.4, -0.2) is 39.9 Å². The molecule has 1 saturated heterocycles. The first-order valence-electron chi connectivity index (χ1n) is 7.58. The number of rotatable bonds is 3. The third kappa shape index (κ3) is 3.56. The summed E-state index contributed by atoms with van der Waals surface area (Å²) in [6, 6.07) is 6.95. The molecule has 23 heavy (non-hydrogen) atoms. The normalized spacial score (nSPS) is 15.4. The van der Waals surface area contributed by atoms with Crippen LogP contribution in [0.3, 0.4) is 0 Å². The van der Waals surface area contributed by atoms with Crippen molar-refractivity contribution in [3.63, 3.8) is 0 Å². The summed E-state index contributed by atoms with van der Waals surface area (Å²) >= 11 is 0. The summed E-state index contributed by atoms with van der Waals surface area (Å²) in [5.41, 5.74) is 0.438. The van der Waals surface area contributed by atoms with Gasteiger partial charge in [0.05, 0.1) is 0 Å². The molecule has 2 aromatic rings. The summed E-state index contributed by atoms with van der Waals surface area (Å²) in [6.07, 6.45) is 2.86. The SMILES string of the molecule is Cc1cc(NC(=O)C2CCN(C(=O)c3ccccn3)CC2)no1. The Balaban J connectivity index is 1.54. The third-order valence-corrected chi connectivity index (χ3v) is 3.92. The van der Waals surface area contributed by atoms with Gasteiger partial charge in [-0.1, -0.05) is 11.2 Å². The fraction of sp³-hybridized carbons (Fsp3) is 0.375. The van der Waals surface area contributed by atoms with E-state index in [9.17, 15) is 9.59 Å². The number of hydrogen-bond donors (Lipinski definition) is 1. The van der Waals surface area contributed by atoms with Crippen molar-refractivity contribution in [2.75, 3.05) is 18.4 Å². The van der Waals surface area contributed by atoms with Crippen molar-refractivity contribution in [1.82, 2.24) is 15.0 Å². The molecule has 0 saturated carbocycles. The Morgan fingerprint density at radius 1 is 1.30 bits per heavy atom. The van der Waals surface area contributed by atoms with Gasteiger partial charge in [0.15, 0.2) is 5.82 Å². The molecular weight excluding hydrogens is 296 g/mol. The van der Waals surface area contributed by atoms with Crippen molar-refractivity contribution in [3.8, 4) is 0 Å². The summed E-state index contributed by atoms with van der Waals surface area (Å²) in [7, 11) is 0. The Bertz CT molecular complexity index is 690. The summed E-state index contributed by atoms with van der Waals surface area (Å²) in [5.74, 6) is 0.787. The lowest BCUT2D eigenvalue weighted by Crippen LogP contribution is -2.41. The molecule has 7 heteroatoms. The van der Waals surface area contributed by atoms with Crippen molar-refractivity contribution in [2.45, 2.75) is 19.8 Å². The molecule has 1 aliphatic heterocycles. The van der Waals surface area contributed by atoms with E-state index < -0.39 is 0 Å². The molecule has 1 fully saturated rings. The number of carbonyl (C=O) groups is 2. The first kappa shape index (κ1) is 15.2. The van der Waals surface area contributed by atoms with Crippen LogP contribution in [0.4, 0.5) is 5.82 Å². The number of carbonyl (C=O) groups excluding carboxylic acids is 2. The van der Waals surface area contributed by atoms with Gasteiger partial charge in [0.25, 0.3) is 5.91 Å². The average Bonchev–Trinajstić information content (AvgIpc) is 3.00. The Labute approximate surface area is 133 Å². The molecule has 120 valence electrons. The second-order valence-corrected chi connectivity index (χ2v) is 5.59. The van der Waals surface area contributed by atoms with Crippen LogP contribution in [0.25, 0.3) is 0 Å². The topological polar surface area (TPSA) is 88.3 Å². The summed E-state index contributed by atoms with van der Waals surface area (Å²) in [4.78, 5) is 30.3. The minimum atomic E-state index is -0.125. The van der Waals surface area contributed by atoms with E-state index >= 15 is 0 Å². The molecule has 0 aromatic carbocycles. The number of nitrogens with zero attached hydrogens (tertiary/aromatic N) is 3. The van der Waals surface area contributed by atoms with Crippen LogP contribution >= 0.6 is 0 Å². The molecule has 0 radical (unpaired) electrons. The molecule has 0 atom stereocenters. The van der Waals surface area contributed by atoms with Crippen LogP contribution in [0.1, 0.15) is 29.1 Å². The smallest absolute Gasteiger partial charge is 0.272 e. The van der Waals surface area contributed by atoms with E-state index in [2.05, 4.69) is 15.5 Å². The molecule has 0 unspecified atom stereocenters. The quantitative estimate of drug-likeness (QED) is 0.934. The van der Waals surface area contributed by atoms with Gasteiger partial charge >= 0.3 is 0 Å². The average molecular weight is 314 g/mol. The van der Waals surface area contributed by atoms with Crippen molar-refractivity contribution in [2.24, 2.45) is 5.92 Å². The highest BCUT2D eigenvalue weighted by atomic mass is 16.5. The van der Waals surface area contributed by atoms with Crippen LogP contribution < -0.4 is 5.32 Å². The molecule has 0 aliphatic carbocycles. The van der Waals surface area contributed by atoms with Crippen LogP contribution in [0.2, 0.25) is 0 Å². The fourth-order valence-electron chi connectivity index (χ4n) is 2.65. The number of nitrogens with one attached hydrogen (secondary N) is 1. The number of amides is 2. The van der Waals surface area contributed by atoms with E-state index in [4.69, 9.17) is 4.52 Å². The first-order chi connectivity index (χ1) is 11.1. The molecule has 2 aromatic heterocycles. The van der Waals surface area contributed by atoms with Crippen molar-refractivity contribution in [1.29, 1.82) is 0 Å². The maximum Gasteiger partial charge on any atom is 0.272 e. The number of aryl methyl sites for hydroxylation is 1. The number of aromatic nitrogens is 2. The zero-order valence-electron chi connectivity index (χ0n) is 12.9. The molecule has 0 bridgehead atoms. The number of anilines is 1. The predicted octanol–water partition coefficient (Wildman–Crippen LogP) is 1.87. The highest BCUT2D eigenvalue weighted by Crippen LogP contribution is 2.20. The van der Waals surface area contributed by atoms with E-state index in [1.807, 2.05) is 0 Å². The Kier molecular flexibility index (Phi) is 4.36. The highest BCUT2D eigenvalue weighted by Gasteiger charge is 2.28. The van der Waals surface area contributed by atoms with Gasteiger partial charge in [-0.2, -0.15) is 0 Å². The lowest BCUT2D eigenvalue weighted by Gasteiger charge is -2.30. The highest BCUT2D eigenvalue weighted by molar-refractivity contribution is 5.93. The van der Waals surface area contributed by atoms with Crippen LogP contribution in [0.5, 0.6) is 0 Å². The molecule has 2 amide bonds. The minimum Gasteiger partial charge on any atom is -0.360 e. The molecular formula is C16H18N4O3. The van der Waals surface area contributed by atoms with Gasteiger partial charge in [-0.3, -0.25) is 14.6 Å². The number of pyridine rings is 1. The van der Waals surface area contributed by atoms with Crippen LogP contribution in [0.15, 0.2) is 35.0 Å². The summed E-state index contributed by atoms with van der Waals surface area (Å²) < 4.78 is 4.93. The molecule has 1 N–H and O–H groups in total. The zero-order valence-corrected chi connectivity index (χ0v) is 12.9. The predicted molar refractivity (Wildman–Crippen MR) is 82.7 cm³/mol. The standard InChI is InChI=1S/C16H18N4O3/c1-11-10-14(19-23-11)18-15(21)12-5-8-20(9-6-12)16(22)13-4-2-3-7-17-13/h2-4,7,10,12H,5-6,8-9H2,1H3,(H,18,19,21). The Morgan fingerprint density at radius 2 is 2.09 bits per heavy atom. The maximum absolute atomic E-state index is 12.3. The lowest BCUT2D eigenvalue weighted by molar-refractivity contribution is -0.121. The summed E-state index contributed by atoms with van der Waals surface area (Å²) in [6.45, 7) is 2.86. The Hall–Kier alpha value is -2.70. The molecule has 0 spiro atoms. The summed E-state index contributed by atoms with van der Waals surface area (Å²) in [5, 5.41) is 6.50. The van der Waals surface area contributed by atoms with E-state index in [0.29, 0.717) is 43.2 Å². The van der Waals surface area contributed by atoms with Crippen molar-refractivity contribution in [3.05, 3.63) is 41.9 Å². The molecule has 3 heterocycles. The first-order valence-corrected chi connectivity index (χ1v) is 7.58. The van der Waals surface area contributed by atoms with E-state index in [-0.39, 0.29) is 17.7 Å². The van der Waals surface area contributed by atoms with Gasteiger partial charge in [-0.25, -0.2) is 0 Å². The van der Waals surface area contributed by atoms with Gasteiger partial charge in [0.1, 0.15) is 11.5 Å². The van der Waals surface area contributed by atoms with Gasteiger partial charge in [-0.15, -0.1) is 0 Å². The van der Waals surface area contributed by atoms with Gasteiger partial charge < -0.3 is 14.7 Å².